The molecule has 0 aliphatic rings. The number of hydrogen-bond acceptors (Lipinski definition) is 3. The second kappa shape index (κ2) is 9.01. The summed E-state index contributed by atoms with van der Waals surface area (Å²) >= 11 is 6.10. The van der Waals surface area contributed by atoms with E-state index in [1.54, 1.807) is 24.4 Å². The minimum atomic E-state index is -0.238. The van der Waals surface area contributed by atoms with Crippen LogP contribution < -0.4 is 10.1 Å². The molecule has 0 heterocycles. The van der Waals surface area contributed by atoms with E-state index in [1.807, 2.05) is 61.5 Å². The van der Waals surface area contributed by atoms with Gasteiger partial charge in [0.1, 0.15) is 5.75 Å². The predicted molar refractivity (Wildman–Crippen MR) is 110 cm³/mol. The van der Waals surface area contributed by atoms with Crippen molar-refractivity contribution in [3.63, 3.8) is 0 Å². The fourth-order valence-corrected chi connectivity index (χ4v) is 2.64. The molecule has 3 rings (SSSR count). The molecule has 0 saturated carbocycles. The molecule has 5 heteroatoms. The number of aliphatic imine (C=N–C) groups is 1. The van der Waals surface area contributed by atoms with Crippen molar-refractivity contribution in [1.29, 1.82) is 0 Å². The van der Waals surface area contributed by atoms with Crippen LogP contribution in [0, 0.1) is 6.92 Å². The molecule has 3 aromatic carbocycles. The molecular weight excluding hydrogens is 360 g/mol. The van der Waals surface area contributed by atoms with E-state index in [-0.39, 0.29) is 12.5 Å². The average Bonchev–Trinajstić information content (AvgIpc) is 2.67. The number of ether oxygens (including phenoxy) is 1. The molecule has 0 aromatic heterocycles. The van der Waals surface area contributed by atoms with Gasteiger partial charge in [-0.1, -0.05) is 48.0 Å². The van der Waals surface area contributed by atoms with E-state index in [0.29, 0.717) is 16.3 Å². The first-order valence-electron chi connectivity index (χ1n) is 8.49. The van der Waals surface area contributed by atoms with Crippen molar-refractivity contribution in [2.24, 2.45) is 4.99 Å². The Bertz CT molecular complexity index is 956. The highest BCUT2D eigenvalue weighted by molar-refractivity contribution is 6.30. The van der Waals surface area contributed by atoms with Gasteiger partial charge in [-0.25, -0.2) is 0 Å². The van der Waals surface area contributed by atoms with Gasteiger partial charge in [0.25, 0.3) is 5.91 Å². The van der Waals surface area contributed by atoms with Crippen molar-refractivity contribution >= 4 is 35.1 Å². The summed E-state index contributed by atoms with van der Waals surface area (Å²) in [6, 6.07) is 22.3. The Labute approximate surface area is 163 Å². The first kappa shape index (κ1) is 18.7. The highest BCUT2D eigenvalue weighted by atomic mass is 35.5. The first-order valence-corrected chi connectivity index (χ1v) is 8.86. The zero-order valence-electron chi connectivity index (χ0n) is 14.9. The molecule has 3 aromatic rings. The van der Waals surface area contributed by atoms with Crippen LogP contribution in [0.25, 0.3) is 0 Å². The van der Waals surface area contributed by atoms with Crippen LogP contribution in [0.5, 0.6) is 5.75 Å². The van der Waals surface area contributed by atoms with E-state index >= 15 is 0 Å². The number of rotatable bonds is 6. The Morgan fingerprint density at radius 2 is 1.81 bits per heavy atom. The summed E-state index contributed by atoms with van der Waals surface area (Å²) < 4.78 is 5.68. The molecule has 0 bridgehead atoms. The van der Waals surface area contributed by atoms with E-state index in [4.69, 9.17) is 16.3 Å². The number of anilines is 1. The molecule has 4 nitrogen and oxygen atoms in total. The molecule has 0 saturated heterocycles. The van der Waals surface area contributed by atoms with Gasteiger partial charge < -0.3 is 10.1 Å². The normalized spacial score (nSPS) is 10.7. The number of carbonyl (C=O) groups is 1. The van der Waals surface area contributed by atoms with Crippen molar-refractivity contribution in [3.8, 4) is 5.75 Å². The third-order valence-electron chi connectivity index (χ3n) is 3.85. The molecule has 0 atom stereocenters. The molecule has 0 radical (unpaired) electrons. The molecule has 0 aliphatic heterocycles. The van der Waals surface area contributed by atoms with E-state index in [0.717, 1.165) is 16.9 Å². The minimum Gasteiger partial charge on any atom is -0.483 e. The highest BCUT2D eigenvalue weighted by Crippen LogP contribution is 2.23. The van der Waals surface area contributed by atoms with Gasteiger partial charge in [-0.05, 0) is 48.9 Å². The predicted octanol–water partition coefficient (Wildman–Crippen LogP) is 5.42. The third kappa shape index (κ3) is 5.43. The number of hydrogen-bond donors (Lipinski definition) is 1. The number of carbonyl (C=O) groups excluding carboxylic acids is 1. The fraction of sp³-hybridized carbons (Fsp3) is 0.0909. The number of benzene rings is 3. The molecule has 1 amide bonds. The number of nitrogens with zero attached hydrogens (tertiary/aromatic N) is 1. The zero-order chi connectivity index (χ0) is 19.1. The van der Waals surface area contributed by atoms with E-state index < -0.39 is 0 Å². The van der Waals surface area contributed by atoms with Crippen molar-refractivity contribution in [2.75, 3.05) is 11.9 Å². The topological polar surface area (TPSA) is 50.7 Å². The van der Waals surface area contributed by atoms with Gasteiger partial charge in [0, 0.05) is 22.5 Å². The van der Waals surface area contributed by atoms with Gasteiger partial charge in [-0.3, -0.25) is 9.79 Å². The number of nitrogens with one attached hydrogen (secondary N) is 1. The van der Waals surface area contributed by atoms with Crippen molar-refractivity contribution in [2.45, 2.75) is 6.92 Å². The largest absolute Gasteiger partial charge is 0.483 e. The Hall–Kier alpha value is -3.11. The van der Waals surface area contributed by atoms with Crippen LogP contribution in [0.3, 0.4) is 0 Å². The van der Waals surface area contributed by atoms with Gasteiger partial charge >= 0.3 is 0 Å². The lowest BCUT2D eigenvalue weighted by atomic mass is 10.2. The third-order valence-corrected chi connectivity index (χ3v) is 4.08. The average molecular weight is 379 g/mol. The van der Waals surface area contributed by atoms with Crippen LogP contribution in [0.2, 0.25) is 5.02 Å². The standard InChI is InChI=1S/C22H19ClN2O2/c1-16-7-5-6-10-20(16)24-14-17-13-18(23)11-12-21(17)27-15-22(26)25-19-8-3-2-4-9-19/h2-14H,15H2,1H3,(H,25,26). The number of aryl methyl sites for hydroxylation is 1. The monoisotopic (exact) mass is 378 g/mol. The van der Waals surface area contributed by atoms with Crippen LogP contribution >= 0.6 is 11.6 Å². The van der Waals surface area contributed by atoms with E-state index in [2.05, 4.69) is 10.3 Å². The van der Waals surface area contributed by atoms with Crippen molar-refractivity contribution in [1.82, 2.24) is 0 Å². The van der Waals surface area contributed by atoms with Crippen molar-refractivity contribution in [3.05, 3.63) is 88.9 Å². The Balaban J connectivity index is 1.70. The SMILES string of the molecule is Cc1ccccc1N=Cc1cc(Cl)ccc1OCC(=O)Nc1ccccc1. The summed E-state index contributed by atoms with van der Waals surface area (Å²) in [5, 5.41) is 3.36. The van der Waals surface area contributed by atoms with Crippen molar-refractivity contribution < 1.29 is 9.53 Å². The summed E-state index contributed by atoms with van der Waals surface area (Å²) in [4.78, 5) is 16.6. The maximum atomic E-state index is 12.1. The summed E-state index contributed by atoms with van der Waals surface area (Å²) in [5.74, 6) is 0.304. The van der Waals surface area contributed by atoms with Gasteiger partial charge in [-0.2, -0.15) is 0 Å². The van der Waals surface area contributed by atoms with E-state index in [9.17, 15) is 4.79 Å². The Morgan fingerprint density at radius 1 is 1.07 bits per heavy atom. The first-order chi connectivity index (χ1) is 13.1. The maximum absolute atomic E-state index is 12.1. The lowest BCUT2D eigenvalue weighted by Gasteiger charge is -2.10. The fourth-order valence-electron chi connectivity index (χ4n) is 2.46. The number of halogens is 1. The molecule has 0 aliphatic carbocycles. The molecular formula is C22H19ClN2O2. The van der Waals surface area contributed by atoms with Gasteiger partial charge in [0.05, 0.1) is 5.69 Å². The van der Waals surface area contributed by atoms with Crippen LogP contribution in [0.1, 0.15) is 11.1 Å². The molecule has 136 valence electrons. The van der Waals surface area contributed by atoms with Crippen LogP contribution in [0.4, 0.5) is 11.4 Å². The molecule has 1 N–H and O–H groups in total. The zero-order valence-corrected chi connectivity index (χ0v) is 15.6. The summed E-state index contributed by atoms with van der Waals surface area (Å²) in [6.07, 6.45) is 1.69. The molecule has 0 unspecified atom stereocenters. The van der Waals surface area contributed by atoms with Crippen LogP contribution in [-0.4, -0.2) is 18.7 Å². The smallest absolute Gasteiger partial charge is 0.262 e. The number of para-hydroxylation sites is 2. The van der Waals surface area contributed by atoms with Gasteiger partial charge in [0.2, 0.25) is 0 Å². The second-order valence-electron chi connectivity index (χ2n) is 5.93. The lowest BCUT2D eigenvalue weighted by Crippen LogP contribution is -2.20. The lowest BCUT2D eigenvalue weighted by molar-refractivity contribution is -0.118. The van der Waals surface area contributed by atoms with Gasteiger partial charge in [-0.15, -0.1) is 0 Å². The van der Waals surface area contributed by atoms with Gasteiger partial charge in [0.15, 0.2) is 6.61 Å². The molecule has 0 spiro atoms. The Kier molecular flexibility index (Phi) is 6.23. The molecule has 0 fully saturated rings. The number of amides is 1. The highest BCUT2D eigenvalue weighted by Gasteiger charge is 2.07. The minimum absolute atomic E-state index is 0.109. The quantitative estimate of drug-likeness (QED) is 0.582. The van der Waals surface area contributed by atoms with E-state index in [1.165, 1.54) is 0 Å². The maximum Gasteiger partial charge on any atom is 0.262 e. The van der Waals surface area contributed by atoms with Crippen LogP contribution in [0.15, 0.2) is 77.8 Å². The summed E-state index contributed by atoms with van der Waals surface area (Å²) in [6.45, 7) is 1.89. The van der Waals surface area contributed by atoms with Crippen LogP contribution in [-0.2, 0) is 4.79 Å². The Morgan fingerprint density at radius 3 is 2.59 bits per heavy atom. The summed E-state index contributed by atoms with van der Waals surface area (Å²) in [7, 11) is 0. The molecule has 27 heavy (non-hydrogen) atoms. The summed E-state index contributed by atoms with van der Waals surface area (Å²) in [5.41, 5.74) is 3.37. The second-order valence-corrected chi connectivity index (χ2v) is 6.37.